The van der Waals surface area contributed by atoms with Crippen LogP contribution in [-0.2, 0) is 11.2 Å². The Labute approximate surface area is 104 Å². The third kappa shape index (κ3) is 6.82. The third-order valence-corrected chi connectivity index (χ3v) is 2.78. The average molecular weight is 237 g/mol. The molecule has 0 saturated carbocycles. The van der Waals surface area contributed by atoms with Crippen LogP contribution < -0.4 is 5.32 Å². The Morgan fingerprint density at radius 3 is 2.82 bits per heavy atom. The maximum Gasteiger partial charge on any atom is 0.220 e. The van der Waals surface area contributed by atoms with Crippen molar-refractivity contribution >= 4 is 5.91 Å². The highest BCUT2D eigenvalue weighted by Crippen LogP contribution is 2.04. The van der Waals surface area contributed by atoms with Crippen LogP contribution >= 0.6 is 0 Å². The van der Waals surface area contributed by atoms with Gasteiger partial charge in [0.2, 0.25) is 5.91 Å². The second-order valence-corrected chi connectivity index (χ2v) is 4.34. The standard InChI is InChI=1S/C14H23NO2/c1-2-3-4-5-6-11-15-14(16)10-9-13-8-7-12-17-13/h7-8,12H,2-6,9-11H2,1H3,(H,15,16). The first kappa shape index (κ1) is 13.8. The van der Waals surface area contributed by atoms with Crippen LogP contribution in [0.1, 0.15) is 51.2 Å². The maximum absolute atomic E-state index is 11.5. The molecule has 0 spiro atoms. The molecular formula is C14H23NO2. The summed E-state index contributed by atoms with van der Waals surface area (Å²) in [7, 11) is 0. The fourth-order valence-electron chi connectivity index (χ4n) is 1.74. The molecule has 1 heterocycles. The Kier molecular flexibility index (Phi) is 7.19. The largest absolute Gasteiger partial charge is 0.469 e. The summed E-state index contributed by atoms with van der Waals surface area (Å²) in [6.45, 7) is 3.01. The quantitative estimate of drug-likeness (QED) is 0.670. The van der Waals surface area contributed by atoms with E-state index in [9.17, 15) is 4.79 Å². The van der Waals surface area contributed by atoms with Crippen molar-refractivity contribution in [3.8, 4) is 0 Å². The zero-order valence-corrected chi connectivity index (χ0v) is 10.7. The fourth-order valence-corrected chi connectivity index (χ4v) is 1.74. The van der Waals surface area contributed by atoms with Crippen molar-refractivity contribution in [3.63, 3.8) is 0 Å². The van der Waals surface area contributed by atoms with Gasteiger partial charge in [0.25, 0.3) is 0 Å². The lowest BCUT2D eigenvalue weighted by molar-refractivity contribution is -0.121. The molecule has 0 atom stereocenters. The van der Waals surface area contributed by atoms with E-state index in [2.05, 4.69) is 12.2 Å². The number of nitrogens with one attached hydrogen (secondary N) is 1. The van der Waals surface area contributed by atoms with Crippen LogP contribution in [0.3, 0.4) is 0 Å². The predicted octanol–water partition coefficient (Wildman–Crippen LogP) is 3.30. The van der Waals surface area contributed by atoms with E-state index in [1.54, 1.807) is 6.26 Å². The van der Waals surface area contributed by atoms with Crippen LogP contribution in [0, 0.1) is 0 Å². The maximum atomic E-state index is 11.5. The Hall–Kier alpha value is -1.25. The molecule has 0 radical (unpaired) electrons. The van der Waals surface area contributed by atoms with E-state index in [0.717, 1.165) is 18.7 Å². The van der Waals surface area contributed by atoms with Crippen LogP contribution in [0.25, 0.3) is 0 Å². The van der Waals surface area contributed by atoms with E-state index in [1.165, 1.54) is 25.7 Å². The van der Waals surface area contributed by atoms with Gasteiger partial charge in [0.05, 0.1) is 6.26 Å². The van der Waals surface area contributed by atoms with E-state index in [1.807, 2.05) is 12.1 Å². The van der Waals surface area contributed by atoms with Gasteiger partial charge in [-0.25, -0.2) is 0 Å². The van der Waals surface area contributed by atoms with E-state index >= 15 is 0 Å². The van der Waals surface area contributed by atoms with Gasteiger partial charge in [-0.05, 0) is 18.6 Å². The summed E-state index contributed by atoms with van der Waals surface area (Å²) in [6.07, 6.45) is 8.98. The smallest absolute Gasteiger partial charge is 0.220 e. The Bertz CT molecular complexity index is 293. The molecule has 3 nitrogen and oxygen atoms in total. The highest BCUT2D eigenvalue weighted by atomic mass is 16.3. The van der Waals surface area contributed by atoms with Crippen LogP contribution in [0.2, 0.25) is 0 Å². The van der Waals surface area contributed by atoms with Crippen molar-refractivity contribution in [3.05, 3.63) is 24.2 Å². The summed E-state index contributed by atoms with van der Waals surface area (Å²) in [5, 5.41) is 2.94. The van der Waals surface area contributed by atoms with Gasteiger partial charge in [-0.3, -0.25) is 4.79 Å². The molecule has 1 amide bonds. The van der Waals surface area contributed by atoms with Gasteiger partial charge >= 0.3 is 0 Å². The lowest BCUT2D eigenvalue weighted by Gasteiger charge is -2.04. The molecule has 0 aliphatic carbocycles. The lowest BCUT2D eigenvalue weighted by Crippen LogP contribution is -2.24. The summed E-state index contributed by atoms with van der Waals surface area (Å²) in [6, 6.07) is 3.75. The van der Waals surface area contributed by atoms with Crippen molar-refractivity contribution in [1.82, 2.24) is 5.32 Å². The minimum absolute atomic E-state index is 0.122. The molecule has 1 N–H and O–H groups in total. The first-order valence-electron chi connectivity index (χ1n) is 6.62. The van der Waals surface area contributed by atoms with E-state index < -0.39 is 0 Å². The minimum atomic E-state index is 0.122. The Morgan fingerprint density at radius 1 is 1.29 bits per heavy atom. The molecule has 0 aliphatic rings. The Balaban J connectivity index is 1.94. The molecule has 0 fully saturated rings. The lowest BCUT2D eigenvalue weighted by atomic mass is 10.1. The van der Waals surface area contributed by atoms with Gasteiger partial charge in [-0.2, -0.15) is 0 Å². The molecule has 1 rings (SSSR count). The molecule has 0 bridgehead atoms. The molecule has 1 aromatic rings. The SMILES string of the molecule is CCCCCCCNC(=O)CCc1ccco1. The van der Waals surface area contributed by atoms with Crippen LogP contribution in [0.4, 0.5) is 0 Å². The number of carbonyl (C=O) groups is 1. The first-order valence-corrected chi connectivity index (χ1v) is 6.62. The van der Waals surface area contributed by atoms with Gasteiger partial charge in [-0.15, -0.1) is 0 Å². The van der Waals surface area contributed by atoms with E-state index in [4.69, 9.17) is 4.42 Å². The summed E-state index contributed by atoms with van der Waals surface area (Å²) < 4.78 is 5.17. The second-order valence-electron chi connectivity index (χ2n) is 4.34. The topological polar surface area (TPSA) is 42.2 Å². The molecule has 17 heavy (non-hydrogen) atoms. The summed E-state index contributed by atoms with van der Waals surface area (Å²) in [5.41, 5.74) is 0. The molecule has 3 heteroatoms. The highest BCUT2D eigenvalue weighted by Gasteiger charge is 2.02. The van der Waals surface area contributed by atoms with Crippen LogP contribution in [-0.4, -0.2) is 12.5 Å². The number of hydrogen-bond acceptors (Lipinski definition) is 2. The summed E-state index contributed by atoms with van der Waals surface area (Å²) in [4.78, 5) is 11.5. The van der Waals surface area contributed by atoms with Crippen LogP contribution in [0.5, 0.6) is 0 Å². The van der Waals surface area contributed by atoms with Crippen molar-refractivity contribution in [1.29, 1.82) is 0 Å². The van der Waals surface area contributed by atoms with Crippen LogP contribution in [0.15, 0.2) is 22.8 Å². The monoisotopic (exact) mass is 237 g/mol. The van der Waals surface area contributed by atoms with Crippen molar-refractivity contribution in [2.75, 3.05) is 6.54 Å². The van der Waals surface area contributed by atoms with Gasteiger partial charge in [-0.1, -0.05) is 32.6 Å². The second kappa shape index (κ2) is 8.85. The number of carbonyl (C=O) groups excluding carboxylic acids is 1. The molecule has 0 aliphatic heterocycles. The number of amides is 1. The zero-order valence-electron chi connectivity index (χ0n) is 10.7. The van der Waals surface area contributed by atoms with E-state index in [-0.39, 0.29) is 5.91 Å². The number of aryl methyl sites for hydroxylation is 1. The number of unbranched alkanes of at least 4 members (excludes halogenated alkanes) is 4. The minimum Gasteiger partial charge on any atom is -0.469 e. The number of furan rings is 1. The Morgan fingerprint density at radius 2 is 2.12 bits per heavy atom. The van der Waals surface area contributed by atoms with Gasteiger partial charge in [0, 0.05) is 19.4 Å². The van der Waals surface area contributed by atoms with E-state index in [0.29, 0.717) is 12.8 Å². The third-order valence-electron chi connectivity index (χ3n) is 2.78. The molecule has 1 aromatic heterocycles. The summed E-state index contributed by atoms with van der Waals surface area (Å²) in [5.74, 6) is 1.000. The van der Waals surface area contributed by atoms with Gasteiger partial charge in [0.1, 0.15) is 5.76 Å². The van der Waals surface area contributed by atoms with Crippen molar-refractivity contribution in [2.45, 2.75) is 51.9 Å². The number of hydrogen-bond donors (Lipinski definition) is 1. The molecular weight excluding hydrogens is 214 g/mol. The van der Waals surface area contributed by atoms with Crippen molar-refractivity contribution < 1.29 is 9.21 Å². The van der Waals surface area contributed by atoms with Crippen molar-refractivity contribution in [2.24, 2.45) is 0 Å². The van der Waals surface area contributed by atoms with Gasteiger partial charge < -0.3 is 9.73 Å². The molecule has 0 aromatic carbocycles. The number of rotatable bonds is 9. The molecule has 96 valence electrons. The molecule has 0 saturated heterocycles. The van der Waals surface area contributed by atoms with Gasteiger partial charge in [0.15, 0.2) is 0 Å². The molecule has 0 unspecified atom stereocenters. The predicted molar refractivity (Wildman–Crippen MR) is 68.8 cm³/mol. The first-order chi connectivity index (χ1) is 8.33. The highest BCUT2D eigenvalue weighted by molar-refractivity contribution is 5.75. The zero-order chi connectivity index (χ0) is 12.3. The average Bonchev–Trinajstić information content (AvgIpc) is 2.84. The normalized spacial score (nSPS) is 10.4. The fraction of sp³-hybridized carbons (Fsp3) is 0.643. The summed E-state index contributed by atoms with van der Waals surface area (Å²) >= 11 is 0.